The lowest BCUT2D eigenvalue weighted by molar-refractivity contribution is 0.0689. The van der Waals surface area contributed by atoms with Crippen molar-refractivity contribution in [2.24, 2.45) is 0 Å². The monoisotopic (exact) mass is 170 g/mol. The summed E-state index contributed by atoms with van der Waals surface area (Å²) in [6.45, 7) is 0. The third kappa shape index (κ3) is 0.920. The zero-order valence-corrected chi connectivity index (χ0v) is 6.44. The Labute approximate surface area is 67.0 Å². The van der Waals surface area contributed by atoms with E-state index in [4.69, 9.17) is 5.11 Å². The van der Waals surface area contributed by atoms with E-state index in [1.54, 1.807) is 11.8 Å². The van der Waals surface area contributed by atoms with Crippen molar-refractivity contribution in [2.45, 2.75) is 11.5 Å². The number of carbonyl (C=O) groups is 1. The van der Waals surface area contributed by atoms with Crippen molar-refractivity contribution < 1.29 is 9.90 Å². The average Bonchev–Trinajstić information content (AvgIpc) is 2.41. The summed E-state index contributed by atoms with van der Waals surface area (Å²) in [5.74, 6) is 0.688. The van der Waals surface area contributed by atoms with Gasteiger partial charge in [0.15, 0.2) is 5.69 Å². The van der Waals surface area contributed by atoms with Crippen LogP contribution in [0.5, 0.6) is 0 Å². The molecule has 0 saturated heterocycles. The summed E-state index contributed by atoms with van der Waals surface area (Å²) in [4.78, 5) is 10.5. The van der Waals surface area contributed by atoms with Crippen molar-refractivity contribution in [3.05, 3.63) is 17.0 Å². The molecule has 0 aliphatic carbocycles. The van der Waals surface area contributed by atoms with Gasteiger partial charge < -0.3 is 5.11 Å². The Morgan fingerprint density at radius 2 is 2.45 bits per heavy atom. The molecule has 2 N–H and O–H groups in total. The van der Waals surface area contributed by atoms with Crippen molar-refractivity contribution in [3.8, 4) is 0 Å². The second-order valence-corrected chi connectivity index (χ2v) is 3.31. The Bertz CT molecular complexity index is 308. The number of rotatable bonds is 1. The molecule has 0 atom stereocenters. The van der Waals surface area contributed by atoms with Gasteiger partial charge >= 0.3 is 5.97 Å². The maximum absolute atomic E-state index is 10.5. The number of aromatic nitrogens is 2. The van der Waals surface area contributed by atoms with Gasteiger partial charge in [-0.15, -0.1) is 0 Å². The van der Waals surface area contributed by atoms with E-state index in [1.165, 1.54) is 0 Å². The average molecular weight is 170 g/mol. The molecule has 0 fully saturated rings. The highest BCUT2D eigenvalue weighted by molar-refractivity contribution is 7.98. The number of nitrogens with one attached hydrogen (secondary N) is 1. The SMILES string of the molecule is O=C(O)c1n[nH]c2c1CSC2. The highest BCUT2D eigenvalue weighted by atomic mass is 32.2. The summed E-state index contributed by atoms with van der Waals surface area (Å²) < 4.78 is 0. The zero-order chi connectivity index (χ0) is 7.84. The first-order valence-corrected chi connectivity index (χ1v) is 4.31. The normalized spacial score (nSPS) is 14.9. The maximum Gasteiger partial charge on any atom is 0.356 e. The van der Waals surface area contributed by atoms with Crippen LogP contribution < -0.4 is 0 Å². The number of aromatic amines is 1. The Hall–Kier alpha value is -0.970. The van der Waals surface area contributed by atoms with Gasteiger partial charge in [-0.2, -0.15) is 16.9 Å². The second kappa shape index (κ2) is 2.27. The minimum atomic E-state index is -0.940. The molecule has 11 heavy (non-hydrogen) atoms. The molecule has 2 heterocycles. The van der Waals surface area contributed by atoms with E-state index in [0.717, 1.165) is 22.8 Å². The van der Waals surface area contributed by atoms with E-state index in [0.29, 0.717) is 0 Å². The van der Waals surface area contributed by atoms with E-state index in [-0.39, 0.29) is 5.69 Å². The fraction of sp³-hybridized carbons (Fsp3) is 0.333. The van der Waals surface area contributed by atoms with Crippen LogP contribution in [0.2, 0.25) is 0 Å². The van der Waals surface area contributed by atoms with Gasteiger partial charge in [0.25, 0.3) is 0 Å². The fourth-order valence-electron chi connectivity index (χ4n) is 1.11. The number of carboxylic acids is 1. The predicted molar refractivity (Wildman–Crippen MR) is 40.5 cm³/mol. The van der Waals surface area contributed by atoms with E-state index in [9.17, 15) is 4.79 Å². The summed E-state index contributed by atoms with van der Waals surface area (Å²) >= 11 is 1.71. The molecule has 0 amide bonds. The number of thioether (sulfide) groups is 1. The van der Waals surface area contributed by atoms with Crippen LogP contribution in [0.3, 0.4) is 0 Å². The number of hydrogen-bond acceptors (Lipinski definition) is 3. The topological polar surface area (TPSA) is 66.0 Å². The molecule has 0 radical (unpaired) electrons. The number of H-pyrrole nitrogens is 1. The molecule has 1 aliphatic rings. The van der Waals surface area contributed by atoms with Gasteiger partial charge in [0, 0.05) is 17.1 Å². The van der Waals surface area contributed by atoms with Crippen molar-refractivity contribution in [1.82, 2.24) is 10.2 Å². The summed E-state index contributed by atoms with van der Waals surface area (Å²) in [5.41, 5.74) is 2.01. The first-order chi connectivity index (χ1) is 5.29. The number of nitrogens with zero attached hydrogens (tertiary/aromatic N) is 1. The van der Waals surface area contributed by atoms with Crippen molar-refractivity contribution in [1.29, 1.82) is 0 Å². The van der Waals surface area contributed by atoms with Crippen LogP contribution in [0, 0.1) is 0 Å². The molecule has 58 valence electrons. The van der Waals surface area contributed by atoms with Crippen molar-refractivity contribution in [2.75, 3.05) is 0 Å². The molecule has 0 spiro atoms. The fourth-order valence-corrected chi connectivity index (χ4v) is 2.17. The molecule has 1 aliphatic heterocycles. The van der Waals surface area contributed by atoms with Gasteiger partial charge in [0.1, 0.15) is 0 Å². The molecule has 1 aromatic rings. The Kier molecular flexibility index (Phi) is 1.38. The number of fused-ring (bicyclic) bond motifs is 1. The van der Waals surface area contributed by atoms with Gasteiger partial charge in [-0.3, -0.25) is 5.10 Å². The Balaban J connectivity index is 2.50. The van der Waals surface area contributed by atoms with Crippen molar-refractivity contribution in [3.63, 3.8) is 0 Å². The van der Waals surface area contributed by atoms with Crippen LogP contribution in [-0.2, 0) is 11.5 Å². The quantitative estimate of drug-likeness (QED) is 0.655. The zero-order valence-electron chi connectivity index (χ0n) is 5.63. The Morgan fingerprint density at radius 1 is 1.64 bits per heavy atom. The van der Waals surface area contributed by atoms with E-state index >= 15 is 0 Å². The minimum Gasteiger partial charge on any atom is -0.476 e. The van der Waals surface area contributed by atoms with Crippen LogP contribution >= 0.6 is 11.8 Å². The summed E-state index contributed by atoms with van der Waals surface area (Å²) in [6.07, 6.45) is 0. The number of carboxylic acid groups (broad SMARTS) is 1. The molecule has 2 rings (SSSR count). The largest absolute Gasteiger partial charge is 0.476 e. The van der Waals surface area contributed by atoms with Crippen LogP contribution in [0.25, 0.3) is 0 Å². The van der Waals surface area contributed by atoms with Gasteiger partial charge in [0.2, 0.25) is 0 Å². The molecular weight excluding hydrogens is 164 g/mol. The summed E-state index contributed by atoms with van der Waals surface area (Å²) in [6, 6.07) is 0. The number of hydrogen-bond donors (Lipinski definition) is 2. The van der Waals surface area contributed by atoms with Gasteiger partial charge in [-0.05, 0) is 0 Å². The molecule has 0 unspecified atom stereocenters. The lowest BCUT2D eigenvalue weighted by atomic mass is 10.2. The molecule has 0 bridgehead atoms. The van der Waals surface area contributed by atoms with E-state index in [2.05, 4.69) is 10.2 Å². The van der Waals surface area contributed by atoms with Crippen LogP contribution in [0.15, 0.2) is 0 Å². The van der Waals surface area contributed by atoms with Gasteiger partial charge in [-0.25, -0.2) is 4.79 Å². The molecule has 4 nitrogen and oxygen atoms in total. The minimum absolute atomic E-state index is 0.185. The third-order valence-corrected chi connectivity index (χ3v) is 2.63. The number of aromatic carboxylic acids is 1. The first kappa shape index (κ1) is 6.72. The molecule has 0 saturated carbocycles. The van der Waals surface area contributed by atoms with Gasteiger partial charge in [0.05, 0.1) is 5.69 Å². The highest BCUT2D eigenvalue weighted by Crippen LogP contribution is 2.30. The van der Waals surface area contributed by atoms with Gasteiger partial charge in [-0.1, -0.05) is 0 Å². The maximum atomic E-state index is 10.5. The van der Waals surface area contributed by atoms with E-state index < -0.39 is 5.97 Å². The van der Waals surface area contributed by atoms with Crippen molar-refractivity contribution >= 4 is 17.7 Å². The van der Waals surface area contributed by atoms with E-state index in [1.807, 2.05) is 0 Å². The van der Waals surface area contributed by atoms with Crippen LogP contribution in [-0.4, -0.2) is 21.3 Å². The lowest BCUT2D eigenvalue weighted by Gasteiger charge is -1.88. The summed E-state index contributed by atoms with van der Waals surface area (Å²) in [7, 11) is 0. The summed E-state index contributed by atoms with van der Waals surface area (Å²) in [5, 5.41) is 15.1. The standard InChI is InChI=1S/C6H6N2O2S/c9-6(10)5-3-1-11-2-4(3)7-8-5/h1-2H2,(H,7,8)(H,9,10). The molecule has 1 aromatic heterocycles. The molecule has 0 aromatic carbocycles. The second-order valence-electron chi connectivity index (χ2n) is 2.33. The van der Waals surface area contributed by atoms with Crippen LogP contribution in [0.1, 0.15) is 21.7 Å². The lowest BCUT2D eigenvalue weighted by Crippen LogP contribution is -1.99. The van der Waals surface area contributed by atoms with Crippen LogP contribution in [0.4, 0.5) is 0 Å². The Morgan fingerprint density at radius 3 is 3.18 bits per heavy atom. The highest BCUT2D eigenvalue weighted by Gasteiger charge is 2.22. The smallest absolute Gasteiger partial charge is 0.356 e. The molecule has 5 heteroatoms. The third-order valence-electron chi connectivity index (χ3n) is 1.65. The predicted octanol–water partition coefficient (Wildman–Crippen LogP) is 0.855. The molecular formula is C6H6N2O2S. The first-order valence-electron chi connectivity index (χ1n) is 3.16.